The first-order valence-electron chi connectivity index (χ1n) is 7.66. The van der Waals surface area contributed by atoms with Crippen molar-refractivity contribution in [1.82, 2.24) is 15.3 Å². The fourth-order valence-corrected chi connectivity index (χ4v) is 4.27. The van der Waals surface area contributed by atoms with Gasteiger partial charge in [0.05, 0.1) is 5.75 Å². The topological polar surface area (TPSA) is 54.9 Å². The second-order valence-corrected chi connectivity index (χ2v) is 7.25. The van der Waals surface area contributed by atoms with Gasteiger partial charge in [-0.3, -0.25) is 4.79 Å². The van der Waals surface area contributed by atoms with Crippen LogP contribution in [0.3, 0.4) is 0 Å². The average molecular weight is 345 g/mol. The molecule has 2 fully saturated rings. The van der Waals surface area contributed by atoms with E-state index in [9.17, 15) is 18.0 Å². The molecule has 0 aliphatic heterocycles. The Labute approximate surface area is 136 Å². The highest BCUT2D eigenvalue weighted by atomic mass is 32.2. The molecule has 0 saturated heterocycles. The Morgan fingerprint density at radius 1 is 1.35 bits per heavy atom. The predicted molar refractivity (Wildman–Crippen MR) is 79.9 cm³/mol. The van der Waals surface area contributed by atoms with E-state index in [1.807, 2.05) is 0 Å². The Bertz CT molecular complexity index is 608. The van der Waals surface area contributed by atoms with Crippen LogP contribution in [0.1, 0.15) is 37.1 Å². The Hall–Kier alpha value is -1.31. The third kappa shape index (κ3) is 3.97. The lowest BCUT2D eigenvalue weighted by atomic mass is 9.95. The molecule has 3 atom stereocenters. The number of aromatic nitrogens is 2. The van der Waals surface area contributed by atoms with E-state index >= 15 is 0 Å². The summed E-state index contributed by atoms with van der Waals surface area (Å²) in [4.78, 5) is 19.5. The molecule has 1 heterocycles. The molecule has 2 saturated carbocycles. The van der Waals surface area contributed by atoms with Crippen molar-refractivity contribution >= 4 is 17.7 Å². The molecule has 1 amide bonds. The van der Waals surface area contributed by atoms with Crippen molar-refractivity contribution in [3.05, 3.63) is 17.5 Å². The van der Waals surface area contributed by atoms with Gasteiger partial charge in [0.15, 0.2) is 5.16 Å². The second kappa shape index (κ2) is 6.30. The van der Waals surface area contributed by atoms with Crippen LogP contribution >= 0.6 is 11.8 Å². The molecule has 8 heteroatoms. The Balaban J connectivity index is 1.55. The predicted octanol–water partition coefficient (Wildman–Crippen LogP) is 3.20. The Morgan fingerprint density at radius 2 is 2.13 bits per heavy atom. The number of nitrogens with one attached hydrogen (secondary N) is 1. The fraction of sp³-hybridized carbons (Fsp3) is 0.667. The van der Waals surface area contributed by atoms with Crippen LogP contribution in [0.2, 0.25) is 0 Å². The van der Waals surface area contributed by atoms with Gasteiger partial charge in [-0.15, -0.1) is 0 Å². The zero-order chi connectivity index (χ0) is 16.6. The van der Waals surface area contributed by atoms with E-state index in [1.54, 1.807) is 0 Å². The van der Waals surface area contributed by atoms with Crippen LogP contribution < -0.4 is 5.32 Å². The molecule has 2 aliphatic carbocycles. The first kappa shape index (κ1) is 16.5. The van der Waals surface area contributed by atoms with Gasteiger partial charge in [-0.25, -0.2) is 9.97 Å². The lowest BCUT2D eigenvalue weighted by Crippen LogP contribution is -2.39. The molecule has 0 spiro atoms. The lowest BCUT2D eigenvalue weighted by Gasteiger charge is -2.22. The Morgan fingerprint density at radius 3 is 2.74 bits per heavy atom. The number of rotatable bonds is 4. The van der Waals surface area contributed by atoms with Crippen molar-refractivity contribution in [2.75, 3.05) is 5.75 Å². The molecule has 4 nitrogen and oxygen atoms in total. The number of carbonyl (C=O) groups is 1. The van der Waals surface area contributed by atoms with E-state index in [0.29, 0.717) is 5.92 Å². The number of amides is 1. The van der Waals surface area contributed by atoms with Crippen LogP contribution in [0.15, 0.2) is 11.2 Å². The van der Waals surface area contributed by atoms with Crippen LogP contribution in [0, 0.1) is 18.8 Å². The molecule has 23 heavy (non-hydrogen) atoms. The molecular formula is C15H18F3N3OS. The number of hydrogen-bond donors (Lipinski definition) is 1. The van der Waals surface area contributed by atoms with Gasteiger partial charge in [-0.1, -0.05) is 18.2 Å². The van der Waals surface area contributed by atoms with Gasteiger partial charge in [-0.2, -0.15) is 13.2 Å². The minimum Gasteiger partial charge on any atom is -0.352 e. The number of alkyl halides is 3. The van der Waals surface area contributed by atoms with Crippen molar-refractivity contribution in [3.63, 3.8) is 0 Å². The van der Waals surface area contributed by atoms with Crippen molar-refractivity contribution in [2.45, 2.75) is 50.0 Å². The van der Waals surface area contributed by atoms with E-state index in [1.165, 1.54) is 26.2 Å². The summed E-state index contributed by atoms with van der Waals surface area (Å²) in [5, 5.41) is 2.99. The largest absolute Gasteiger partial charge is 0.433 e. The van der Waals surface area contributed by atoms with Crippen LogP contribution in [0.5, 0.6) is 0 Å². The van der Waals surface area contributed by atoms with Gasteiger partial charge in [0.2, 0.25) is 5.91 Å². The zero-order valence-electron chi connectivity index (χ0n) is 12.7. The number of fused-ring (bicyclic) bond motifs is 2. The van der Waals surface area contributed by atoms with Gasteiger partial charge < -0.3 is 5.32 Å². The molecule has 1 N–H and O–H groups in total. The molecule has 0 unspecified atom stereocenters. The van der Waals surface area contributed by atoms with E-state index in [4.69, 9.17) is 0 Å². The van der Waals surface area contributed by atoms with E-state index in [-0.39, 0.29) is 28.6 Å². The highest BCUT2D eigenvalue weighted by Gasteiger charge is 2.40. The van der Waals surface area contributed by atoms with Gasteiger partial charge in [0.1, 0.15) is 5.69 Å². The number of halogens is 3. The molecular weight excluding hydrogens is 327 g/mol. The first-order chi connectivity index (χ1) is 10.8. The third-order valence-electron chi connectivity index (χ3n) is 4.54. The molecule has 126 valence electrons. The SMILES string of the molecule is Cc1cc(C(F)(F)F)nc(SCC(=O)N[C@@H]2C[C@H]3CC[C@@H]2C3)n1. The summed E-state index contributed by atoms with van der Waals surface area (Å²) < 4.78 is 38.2. The fourth-order valence-electron chi connectivity index (χ4n) is 3.55. The Kier molecular flexibility index (Phi) is 4.53. The van der Waals surface area contributed by atoms with Crippen molar-refractivity contribution in [1.29, 1.82) is 0 Å². The van der Waals surface area contributed by atoms with E-state index < -0.39 is 11.9 Å². The number of nitrogens with zero attached hydrogens (tertiary/aromatic N) is 2. The van der Waals surface area contributed by atoms with Gasteiger partial charge in [0.25, 0.3) is 0 Å². The van der Waals surface area contributed by atoms with Crippen LogP contribution in [-0.4, -0.2) is 27.7 Å². The molecule has 3 rings (SSSR count). The minimum absolute atomic E-state index is 0.0135. The van der Waals surface area contributed by atoms with Gasteiger partial charge >= 0.3 is 6.18 Å². The van der Waals surface area contributed by atoms with E-state index in [0.717, 1.165) is 30.2 Å². The molecule has 0 radical (unpaired) electrons. The molecule has 1 aromatic rings. The van der Waals surface area contributed by atoms with Crippen LogP contribution in [-0.2, 0) is 11.0 Å². The maximum Gasteiger partial charge on any atom is 0.433 e. The maximum absolute atomic E-state index is 12.7. The molecule has 0 aromatic carbocycles. The van der Waals surface area contributed by atoms with Crippen LogP contribution in [0.4, 0.5) is 13.2 Å². The monoisotopic (exact) mass is 345 g/mol. The summed E-state index contributed by atoms with van der Waals surface area (Å²) in [5.74, 6) is 1.17. The molecule has 1 aromatic heterocycles. The zero-order valence-corrected chi connectivity index (χ0v) is 13.5. The number of aryl methyl sites for hydroxylation is 1. The average Bonchev–Trinajstić information content (AvgIpc) is 3.06. The smallest absolute Gasteiger partial charge is 0.352 e. The van der Waals surface area contributed by atoms with Gasteiger partial charge in [0, 0.05) is 11.7 Å². The number of carbonyl (C=O) groups excluding carboxylic acids is 1. The normalized spacial score (nSPS) is 26.5. The quantitative estimate of drug-likeness (QED) is 0.673. The summed E-state index contributed by atoms with van der Waals surface area (Å²) in [6, 6.07) is 1.13. The first-order valence-corrected chi connectivity index (χ1v) is 8.65. The van der Waals surface area contributed by atoms with Gasteiger partial charge in [-0.05, 0) is 44.1 Å². The minimum atomic E-state index is -4.51. The van der Waals surface area contributed by atoms with Crippen molar-refractivity contribution < 1.29 is 18.0 Å². The summed E-state index contributed by atoms with van der Waals surface area (Å²) in [6.45, 7) is 1.48. The van der Waals surface area contributed by atoms with E-state index in [2.05, 4.69) is 15.3 Å². The summed E-state index contributed by atoms with van der Waals surface area (Å²) in [6.07, 6.45) is 0.129. The highest BCUT2D eigenvalue weighted by molar-refractivity contribution is 7.99. The standard InChI is InChI=1S/C15H18F3N3OS/c1-8-4-12(15(16,17)18)21-14(19-8)23-7-13(22)20-11-6-9-2-3-10(11)5-9/h4,9-11H,2-3,5-7H2,1H3,(H,20,22)/t9-,10+,11+/m0/s1. The number of thioether (sulfide) groups is 1. The maximum atomic E-state index is 12.7. The van der Waals surface area contributed by atoms with Crippen molar-refractivity contribution in [3.8, 4) is 0 Å². The summed E-state index contributed by atoms with van der Waals surface area (Å²) in [5.41, 5.74) is -0.732. The molecule has 2 aliphatic rings. The lowest BCUT2D eigenvalue weighted by molar-refractivity contribution is -0.141. The van der Waals surface area contributed by atoms with Crippen molar-refractivity contribution in [2.24, 2.45) is 11.8 Å². The van der Waals surface area contributed by atoms with Crippen LogP contribution in [0.25, 0.3) is 0 Å². The summed E-state index contributed by atoms with van der Waals surface area (Å²) in [7, 11) is 0. The third-order valence-corrected chi connectivity index (χ3v) is 5.39. The highest BCUT2D eigenvalue weighted by Crippen LogP contribution is 2.44. The number of hydrogen-bond acceptors (Lipinski definition) is 4. The second-order valence-electron chi connectivity index (χ2n) is 6.31. The summed E-state index contributed by atoms with van der Waals surface area (Å²) >= 11 is 0.942. The molecule has 2 bridgehead atoms.